The maximum absolute atomic E-state index is 15.1. The number of hydrogen-bond acceptors (Lipinski definition) is 12. The number of ether oxygens (including phenoxy) is 2. The van der Waals surface area contributed by atoms with Gasteiger partial charge in [-0.1, -0.05) is 48.5 Å². The Morgan fingerprint density at radius 2 is 1.39 bits per heavy atom. The smallest absolute Gasteiger partial charge is 0.274 e. The second-order valence-corrected chi connectivity index (χ2v) is 19.4. The van der Waals surface area contributed by atoms with Gasteiger partial charge in [0.15, 0.2) is 5.69 Å². The monoisotopic (exact) mass is 968 g/mol. The molecule has 0 aliphatic carbocycles. The topological polar surface area (TPSA) is 177 Å². The van der Waals surface area contributed by atoms with E-state index in [0.717, 1.165) is 56.7 Å². The summed E-state index contributed by atoms with van der Waals surface area (Å²) in [7, 11) is 0. The molecule has 18 heteroatoms. The zero-order valence-electron chi connectivity index (χ0n) is 40.0. The van der Waals surface area contributed by atoms with E-state index < -0.39 is 11.7 Å². The van der Waals surface area contributed by atoms with Crippen molar-refractivity contribution in [2.45, 2.75) is 25.2 Å². The van der Waals surface area contributed by atoms with Gasteiger partial charge in [-0.25, -0.2) is 14.5 Å². The second kappa shape index (κ2) is 21.9. The van der Waals surface area contributed by atoms with Gasteiger partial charge in [-0.15, -0.1) is 0 Å². The molecule has 0 bridgehead atoms. The molecule has 7 heterocycles. The van der Waals surface area contributed by atoms with Gasteiger partial charge in [-0.3, -0.25) is 33.8 Å². The van der Waals surface area contributed by atoms with Crippen LogP contribution in [0.1, 0.15) is 56.4 Å². The molecule has 17 nitrogen and oxygen atoms in total. The minimum atomic E-state index is -0.610. The Hall–Kier alpha value is -6.44. The Morgan fingerprint density at radius 1 is 0.690 bits per heavy atom. The quantitative estimate of drug-likeness (QED) is 0.176. The van der Waals surface area contributed by atoms with Crippen LogP contribution in [0.5, 0.6) is 0 Å². The van der Waals surface area contributed by atoms with Crippen molar-refractivity contribution < 1.29 is 33.0 Å². The molecular weight excluding hydrogens is 908 g/mol. The van der Waals surface area contributed by atoms with E-state index >= 15 is 4.39 Å². The first kappa shape index (κ1) is 48.2. The van der Waals surface area contributed by atoms with E-state index in [1.807, 2.05) is 35.2 Å². The molecule has 2 aromatic heterocycles. The number of halogens is 1. The summed E-state index contributed by atoms with van der Waals surface area (Å²) < 4.78 is 26.0. The first-order valence-corrected chi connectivity index (χ1v) is 25.0. The number of nitrogens with zero attached hydrogens (tertiary/aromatic N) is 8. The van der Waals surface area contributed by atoms with Crippen molar-refractivity contribution >= 4 is 40.1 Å². The summed E-state index contributed by atoms with van der Waals surface area (Å²) in [5.74, 6) is -0.602. The van der Waals surface area contributed by atoms with Gasteiger partial charge in [0.25, 0.3) is 17.4 Å². The number of morpholine rings is 1. The maximum atomic E-state index is 15.1. The van der Waals surface area contributed by atoms with Crippen molar-refractivity contribution in [1.29, 1.82) is 0 Å². The van der Waals surface area contributed by atoms with Crippen LogP contribution in [0, 0.1) is 11.7 Å². The lowest BCUT2D eigenvalue weighted by Crippen LogP contribution is -2.55. The molecule has 372 valence electrons. The van der Waals surface area contributed by atoms with Crippen LogP contribution in [0.25, 0.3) is 21.9 Å². The SMILES string of the molecule is O=C(CN1CCOCC1)Nc1cc(-c2cccc(C3COC3)c2)cnc1C(=O)N1CCC(CN2CCN(CC(=O)N3CCN(C(=O)c4cc(Cc5n[nH]c(=O)c6ccccc56)ccc4F)CC3)CC2)CC1. The summed E-state index contributed by atoms with van der Waals surface area (Å²) in [4.78, 5) is 83.6. The number of likely N-dealkylation sites (tertiary alicyclic amines) is 1. The fourth-order valence-corrected chi connectivity index (χ4v) is 10.4. The van der Waals surface area contributed by atoms with E-state index in [2.05, 4.69) is 42.3 Å². The minimum Gasteiger partial charge on any atom is -0.380 e. The first-order valence-electron chi connectivity index (χ1n) is 25.0. The Kier molecular flexibility index (Phi) is 14.9. The standard InChI is InChI=1S/C53H61FN10O7/c54-45-9-8-37(27-46-42-6-1-2-7-43(42)51(67)58-57-46)26-44(45)52(68)64-20-18-62(19-21-64)49(66)33-60-16-14-59(15-17-60)31-36-10-12-63(13-11-36)53(69)50-47(56-48(65)32-61-22-24-70-25-23-61)29-40(30-55-50)38-4-3-5-39(28-38)41-34-71-35-41/h1-9,26,28-30,36,41H,10-25,27,31-35H2,(H,56,65)(H,58,67). The highest BCUT2D eigenvalue weighted by Gasteiger charge is 2.32. The number of fused-ring (bicyclic) bond motifs is 1. The molecule has 5 aliphatic heterocycles. The van der Waals surface area contributed by atoms with Crippen molar-refractivity contribution in [3.63, 3.8) is 0 Å². The van der Waals surface area contributed by atoms with E-state index in [9.17, 15) is 24.0 Å². The molecule has 0 saturated carbocycles. The number of benzene rings is 3. The highest BCUT2D eigenvalue weighted by Crippen LogP contribution is 2.31. The number of pyridine rings is 1. The lowest BCUT2D eigenvalue weighted by molar-refractivity contribution is -0.134. The van der Waals surface area contributed by atoms with Gasteiger partial charge in [0, 0.05) is 115 Å². The molecule has 3 aromatic carbocycles. The van der Waals surface area contributed by atoms with E-state index in [1.54, 1.807) is 40.3 Å². The first-order chi connectivity index (χ1) is 34.6. The lowest BCUT2D eigenvalue weighted by Gasteiger charge is -2.40. The Balaban J connectivity index is 0.677. The summed E-state index contributed by atoms with van der Waals surface area (Å²) in [6, 6.07) is 21.8. The third-order valence-electron chi connectivity index (χ3n) is 14.7. The van der Waals surface area contributed by atoms with Crippen LogP contribution in [0.15, 0.2) is 83.8 Å². The van der Waals surface area contributed by atoms with Crippen LogP contribution < -0.4 is 10.9 Å². The van der Waals surface area contributed by atoms with Crippen LogP contribution >= 0.6 is 0 Å². The molecule has 5 aliphatic rings. The highest BCUT2D eigenvalue weighted by molar-refractivity contribution is 6.03. The van der Waals surface area contributed by atoms with Gasteiger partial charge in [0.1, 0.15) is 5.82 Å². The predicted molar refractivity (Wildman–Crippen MR) is 265 cm³/mol. The van der Waals surface area contributed by atoms with E-state index in [-0.39, 0.29) is 41.1 Å². The number of aromatic nitrogens is 3. The number of piperidine rings is 1. The van der Waals surface area contributed by atoms with Crippen molar-refractivity contribution in [3.05, 3.63) is 123 Å². The molecule has 2 N–H and O–H groups in total. The number of nitrogens with one attached hydrogen (secondary N) is 2. The average molecular weight is 969 g/mol. The van der Waals surface area contributed by atoms with Crippen LogP contribution in [-0.4, -0.2) is 193 Å². The van der Waals surface area contributed by atoms with Crippen molar-refractivity contribution in [1.82, 2.24) is 44.6 Å². The van der Waals surface area contributed by atoms with Gasteiger partial charge in [0.2, 0.25) is 11.8 Å². The molecule has 5 aromatic rings. The average Bonchev–Trinajstić information content (AvgIpc) is 3.38. The number of carbonyl (C=O) groups excluding carboxylic acids is 4. The van der Waals surface area contributed by atoms with Crippen LogP contribution in [0.2, 0.25) is 0 Å². The molecule has 71 heavy (non-hydrogen) atoms. The third kappa shape index (κ3) is 11.4. The molecule has 5 fully saturated rings. The van der Waals surface area contributed by atoms with Crippen molar-refractivity contribution in [2.75, 3.05) is 130 Å². The fraction of sp³-hybridized carbons (Fsp3) is 0.453. The lowest BCUT2D eigenvalue weighted by atomic mass is 9.94. The molecule has 0 radical (unpaired) electrons. The number of piperazine rings is 2. The molecule has 5 saturated heterocycles. The number of rotatable bonds is 13. The van der Waals surface area contributed by atoms with Gasteiger partial charge < -0.3 is 34.4 Å². The van der Waals surface area contributed by atoms with Crippen LogP contribution in [0.3, 0.4) is 0 Å². The largest absolute Gasteiger partial charge is 0.380 e. The zero-order chi connectivity index (χ0) is 48.8. The van der Waals surface area contributed by atoms with Gasteiger partial charge in [-0.05, 0) is 59.7 Å². The summed E-state index contributed by atoms with van der Waals surface area (Å²) in [5, 5.41) is 11.0. The van der Waals surface area contributed by atoms with Gasteiger partial charge in [-0.2, -0.15) is 5.10 Å². The number of amides is 4. The summed E-state index contributed by atoms with van der Waals surface area (Å²) in [5.41, 5.74) is 4.65. The van der Waals surface area contributed by atoms with Gasteiger partial charge in [0.05, 0.1) is 61.8 Å². The van der Waals surface area contributed by atoms with Crippen molar-refractivity contribution in [2.24, 2.45) is 5.92 Å². The minimum absolute atomic E-state index is 0.0223. The number of aromatic amines is 1. The number of carbonyl (C=O) groups is 4. The maximum Gasteiger partial charge on any atom is 0.274 e. The molecule has 0 atom stereocenters. The number of H-pyrrole nitrogens is 1. The Labute approximate surface area is 411 Å². The summed E-state index contributed by atoms with van der Waals surface area (Å²) >= 11 is 0. The fourth-order valence-electron chi connectivity index (χ4n) is 10.4. The van der Waals surface area contributed by atoms with Crippen LogP contribution in [0.4, 0.5) is 10.1 Å². The molecular formula is C53H61FN10O7. The van der Waals surface area contributed by atoms with Crippen LogP contribution in [-0.2, 0) is 25.5 Å². The number of hydrogen-bond donors (Lipinski definition) is 2. The third-order valence-corrected chi connectivity index (χ3v) is 14.7. The Morgan fingerprint density at radius 3 is 2.14 bits per heavy atom. The molecule has 4 amide bonds. The van der Waals surface area contributed by atoms with E-state index in [0.29, 0.717) is 131 Å². The normalized spacial score (nSPS) is 18.9. The Bertz CT molecular complexity index is 2810. The van der Waals surface area contributed by atoms with E-state index in [4.69, 9.17) is 14.5 Å². The van der Waals surface area contributed by atoms with E-state index in [1.165, 1.54) is 11.6 Å². The van der Waals surface area contributed by atoms with Gasteiger partial charge >= 0.3 is 0 Å². The summed E-state index contributed by atoms with van der Waals surface area (Å²) in [6.07, 6.45) is 3.75. The molecule has 0 unspecified atom stereocenters. The zero-order valence-corrected chi connectivity index (χ0v) is 40.0. The second-order valence-electron chi connectivity index (χ2n) is 19.4. The van der Waals surface area contributed by atoms with Crippen molar-refractivity contribution in [3.8, 4) is 11.1 Å². The summed E-state index contributed by atoms with van der Waals surface area (Å²) in [6.45, 7) is 11.1. The highest BCUT2D eigenvalue weighted by atomic mass is 19.1. The number of anilines is 1. The molecule has 0 spiro atoms. The molecule has 10 rings (SSSR count). The predicted octanol–water partition coefficient (Wildman–Crippen LogP) is 3.55.